The maximum absolute atomic E-state index is 13.3. The molecule has 120 valence electrons. The second kappa shape index (κ2) is 6.36. The third-order valence-corrected chi connectivity index (χ3v) is 4.28. The molecule has 1 amide bonds. The summed E-state index contributed by atoms with van der Waals surface area (Å²) < 4.78 is 13.3. The summed E-state index contributed by atoms with van der Waals surface area (Å²) in [7, 11) is 0. The predicted molar refractivity (Wildman–Crippen MR) is 86.0 cm³/mol. The van der Waals surface area contributed by atoms with E-state index in [1.165, 1.54) is 12.1 Å². The molecule has 4 nitrogen and oxygen atoms in total. The molecule has 0 radical (unpaired) electrons. The van der Waals surface area contributed by atoms with Gasteiger partial charge < -0.3 is 9.88 Å². The van der Waals surface area contributed by atoms with Crippen molar-refractivity contribution < 1.29 is 9.18 Å². The molecule has 1 saturated heterocycles. The lowest BCUT2D eigenvalue weighted by atomic mass is 10.0. The number of nitrogens with one attached hydrogen (secondary N) is 1. The Bertz CT molecular complexity index is 785. The van der Waals surface area contributed by atoms with Crippen LogP contribution in [-0.2, 0) is 6.42 Å². The standard InChI is InChI=1S/C18H19FN2O2/c1-12-7-8-16(17(22)20-12)18(23)21-9-3-6-15(21)11-13-4-2-5-14(19)10-13/h2,4-5,7-8,10,15H,3,6,9,11H2,1H3,(H,20,22). The van der Waals surface area contributed by atoms with E-state index < -0.39 is 0 Å². The van der Waals surface area contributed by atoms with Gasteiger partial charge in [-0.2, -0.15) is 0 Å². The van der Waals surface area contributed by atoms with Gasteiger partial charge in [-0.3, -0.25) is 9.59 Å². The fourth-order valence-corrected chi connectivity index (χ4v) is 3.15. The number of aryl methyl sites for hydroxylation is 1. The summed E-state index contributed by atoms with van der Waals surface area (Å²) in [6.07, 6.45) is 2.37. The molecule has 23 heavy (non-hydrogen) atoms. The molecule has 1 aromatic carbocycles. The van der Waals surface area contributed by atoms with Crippen molar-refractivity contribution in [2.24, 2.45) is 0 Å². The molecule has 1 N–H and O–H groups in total. The molecular weight excluding hydrogens is 295 g/mol. The number of H-pyrrole nitrogens is 1. The average molecular weight is 314 g/mol. The summed E-state index contributed by atoms with van der Waals surface area (Å²) in [5, 5.41) is 0. The van der Waals surface area contributed by atoms with Gasteiger partial charge in [-0.15, -0.1) is 0 Å². The van der Waals surface area contributed by atoms with Crippen LogP contribution in [0, 0.1) is 12.7 Å². The second-order valence-corrected chi connectivity index (χ2v) is 6.01. The molecule has 3 rings (SSSR count). The van der Waals surface area contributed by atoms with Gasteiger partial charge in [0.15, 0.2) is 0 Å². The maximum atomic E-state index is 13.3. The zero-order valence-electron chi connectivity index (χ0n) is 13.0. The van der Waals surface area contributed by atoms with E-state index in [0.717, 1.165) is 24.1 Å². The Morgan fingerprint density at radius 3 is 2.91 bits per heavy atom. The van der Waals surface area contributed by atoms with Crippen LogP contribution in [0.2, 0.25) is 0 Å². The molecule has 2 heterocycles. The number of hydrogen-bond donors (Lipinski definition) is 1. The SMILES string of the molecule is Cc1ccc(C(=O)N2CCCC2Cc2cccc(F)c2)c(=O)[nH]1. The minimum atomic E-state index is -0.355. The minimum absolute atomic E-state index is 0.00463. The van der Waals surface area contributed by atoms with Gasteiger partial charge in [-0.25, -0.2) is 4.39 Å². The molecule has 1 unspecified atom stereocenters. The number of aromatic nitrogens is 1. The first kappa shape index (κ1) is 15.5. The van der Waals surface area contributed by atoms with Crippen molar-refractivity contribution in [2.75, 3.05) is 6.54 Å². The van der Waals surface area contributed by atoms with Crippen molar-refractivity contribution in [2.45, 2.75) is 32.2 Å². The lowest BCUT2D eigenvalue weighted by Crippen LogP contribution is -2.39. The smallest absolute Gasteiger partial charge is 0.260 e. The molecule has 1 aliphatic rings. The van der Waals surface area contributed by atoms with Crippen molar-refractivity contribution in [3.8, 4) is 0 Å². The van der Waals surface area contributed by atoms with Crippen LogP contribution in [0.5, 0.6) is 0 Å². The molecule has 0 bridgehead atoms. The highest BCUT2D eigenvalue weighted by molar-refractivity contribution is 5.94. The van der Waals surface area contributed by atoms with Crippen LogP contribution >= 0.6 is 0 Å². The van der Waals surface area contributed by atoms with Crippen molar-refractivity contribution in [3.05, 3.63) is 69.4 Å². The third-order valence-electron chi connectivity index (χ3n) is 4.28. The molecule has 5 heteroatoms. The van der Waals surface area contributed by atoms with E-state index in [1.807, 2.05) is 6.07 Å². The van der Waals surface area contributed by atoms with Gasteiger partial charge >= 0.3 is 0 Å². The van der Waals surface area contributed by atoms with E-state index in [2.05, 4.69) is 4.98 Å². The van der Waals surface area contributed by atoms with Gasteiger partial charge in [0, 0.05) is 18.3 Å². The number of nitrogens with zero attached hydrogens (tertiary/aromatic N) is 1. The van der Waals surface area contributed by atoms with E-state index in [0.29, 0.717) is 13.0 Å². The Morgan fingerprint density at radius 2 is 2.17 bits per heavy atom. The fourth-order valence-electron chi connectivity index (χ4n) is 3.15. The molecule has 1 atom stereocenters. The summed E-state index contributed by atoms with van der Waals surface area (Å²) in [6, 6.07) is 9.76. The number of carbonyl (C=O) groups is 1. The van der Waals surface area contributed by atoms with Gasteiger partial charge in [-0.1, -0.05) is 12.1 Å². The number of rotatable bonds is 3. The number of amides is 1. The van der Waals surface area contributed by atoms with Gasteiger partial charge in [0.25, 0.3) is 11.5 Å². The molecular formula is C18H19FN2O2. The van der Waals surface area contributed by atoms with E-state index in [-0.39, 0.29) is 28.9 Å². The van der Waals surface area contributed by atoms with E-state index in [9.17, 15) is 14.0 Å². The number of halogens is 1. The van der Waals surface area contributed by atoms with Crippen LogP contribution in [0.3, 0.4) is 0 Å². The van der Waals surface area contributed by atoms with Gasteiger partial charge in [0.1, 0.15) is 11.4 Å². The summed E-state index contributed by atoms with van der Waals surface area (Å²) in [5.74, 6) is -0.515. The molecule has 1 aromatic heterocycles. The molecule has 2 aromatic rings. The van der Waals surface area contributed by atoms with Crippen molar-refractivity contribution >= 4 is 5.91 Å². The van der Waals surface area contributed by atoms with Gasteiger partial charge in [0.2, 0.25) is 0 Å². The summed E-state index contributed by atoms with van der Waals surface area (Å²) >= 11 is 0. The predicted octanol–water partition coefficient (Wildman–Crippen LogP) is 2.67. The number of carbonyl (C=O) groups excluding carboxylic acids is 1. The maximum Gasteiger partial charge on any atom is 0.260 e. The normalized spacial score (nSPS) is 17.5. The number of benzene rings is 1. The zero-order chi connectivity index (χ0) is 16.4. The molecule has 0 saturated carbocycles. The summed E-state index contributed by atoms with van der Waals surface area (Å²) in [4.78, 5) is 29.1. The lowest BCUT2D eigenvalue weighted by molar-refractivity contribution is 0.0734. The zero-order valence-corrected chi connectivity index (χ0v) is 13.0. The van der Waals surface area contributed by atoms with Crippen LogP contribution in [0.4, 0.5) is 4.39 Å². The first-order valence-corrected chi connectivity index (χ1v) is 7.80. The first-order valence-electron chi connectivity index (χ1n) is 7.80. The third kappa shape index (κ3) is 3.33. The summed E-state index contributed by atoms with van der Waals surface area (Å²) in [6.45, 7) is 2.41. The van der Waals surface area contributed by atoms with E-state index in [4.69, 9.17) is 0 Å². The topological polar surface area (TPSA) is 53.2 Å². The minimum Gasteiger partial charge on any atom is -0.335 e. The Labute approximate surface area is 134 Å². The summed E-state index contributed by atoms with van der Waals surface area (Å²) in [5.41, 5.74) is 1.41. The Balaban J connectivity index is 1.81. The van der Waals surface area contributed by atoms with Crippen LogP contribution in [0.15, 0.2) is 41.2 Å². The number of aromatic amines is 1. The van der Waals surface area contributed by atoms with Crippen LogP contribution in [0.25, 0.3) is 0 Å². The van der Waals surface area contributed by atoms with Crippen molar-refractivity contribution in [1.29, 1.82) is 0 Å². The number of likely N-dealkylation sites (tertiary alicyclic amines) is 1. The van der Waals surface area contributed by atoms with Crippen LogP contribution in [-0.4, -0.2) is 28.4 Å². The highest BCUT2D eigenvalue weighted by Gasteiger charge is 2.30. The number of pyridine rings is 1. The monoisotopic (exact) mass is 314 g/mol. The first-order chi connectivity index (χ1) is 11.0. The van der Waals surface area contributed by atoms with E-state index >= 15 is 0 Å². The highest BCUT2D eigenvalue weighted by Crippen LogP contribution is 2.23. The van der Waals surface area contributed by atoms with Crippen LogP contribution in [0.1, 0.15) is 34.5 Å². The van der Waals surface area contributed by atoms with Crippen LogP contribution < -0.4 is 5.56 Å². The average Bonchev–Trinajstić information content (AvgIpc) is 2.95. The van der Waals surface area contributed by atoms with E-state index in [1.54, 1.807) is 30.0 Å². The van der Waals surface area contributed by atoms with Crippen molar-refractivity contribution in [1.82, 2.24) is 9.88 Å². The Kier molecular flexibility index (Phi) is 4.28. The largest absolute Gasteiger partial charge is 0.335 e. The lowest BCUT2D eigenvalue weighted by Gasteiger charge is -2.24. The number of hydrogen-bond acceptors (Lipinski definition) is 2. The Hall–Kier alpha value is -2.43. The molecule has 0 aliphatic carbocycles. The fraction of sp³-hybridized carbons (Fsp3) is 0.333. The molecule has 1 aliphatic heterocycles. The quantitative estimate of drug-likeness (QED) is 0.947. The second-order valence-electron chi connectivity index (χ2n) is 6.01. The van der Waals surface area contributed by atoms with Crippen molar-refractivity contribution in [3.63, 3.8) is 0 Å². The molecule has 1 fully saturated rings. The van der Waals surface area contributed by atoms with Gasteiger partial charge in [-0.05, 0) is 56.0 Å². The highest BCUT2D eigenvalue weighted by atomic mass is 19.1. The van der Waals surface area contributed by atoms with Gasteiger partial charge in [0.05, 0.1) is 0 Å². The Morgan fingerprint density at radius 1 is 1.35 bits per heavy atom. The molecule has 0 spiro atoms.